The monoisotopic (exact) mass is 238 g/mol. The molecule has 2 rings (SSSR count). The van der Waals surface area contributed by atoms with Crippen LogP contribution in [0.3, 0.4) is 0 Å². The molecule has 0 amide bonds. The molecule has 3 nitrogen and oxygen atoms in total. The van der Waals surface area contributed by atoms with Gasteiger partial charge in [0.05, 0.1) is 17.7 Å². The summed E-state index contributed by atoms with van der Waals surface area (Å²) in [7, 11) is 1.83. The van der Waals surface area contributed by atoms with E-state index in [2.05, 4.69) is 5.10 Å². The van der Waals surface area contributed by atoms with Crippen LogP contribution in [0.15, 0.2) is 40.4 Å². The van der Waals surface area contributed by atoms with Gasteiger partial charge in [0.25, 0.3) is 0 Å². The van der Waals surface area contributed by atoms with Crippen LogP contribution in [0, 0.1) is 5.82 Å². The Morgan fingerprint density at radius 1 is 1.38 bits per heavy atom. The molecule has 1 N–H and O–H groups in total. The largest absolute Gasteiger partial charge is 0.392 e. The summed E-state index contributed by atoms with van der Waals surface area (Å²) in [5.41, 5.74) is 0.575. The summed E-state index contributed by atoms with van der Waals surface area (Å²) in [6.45, 7) is -0.154. The van der Waals surface area contributed by atoms with E-state index in [0.29, 0.717) is 5.56 Å². The van der Waals surface area contributed by atoms with Crippen molar-refractivity contribution in [2.24, 2.45) is 7.05 Å². The van der Waals surface area contributed by atoms with E-state index in [1.54, 1.807) is 16.9 Å². The van der Waals surface area contributed by atoms with Gasteiger partial charge in [-0.3, -0.25) is 4.68 Å². The molecule has 0 saturated carbocycles. The number of aromatic nitrogens is 2. The SMILES string of the molecule is Cn1cc(Sc2cc(F)cc(CO)c2)cn1. The first-order valence-corrected chi connectivity index (χ1v) is 5.56. The number of nitrogens with zero attached hydrogens (tertiary/aromatic N) is 2. The lowest BCUT2D eigenvalue weighted by Crippen LogP contribution is -1.86. The summed E-state index contributed by atoms with van der Waals surface area (Å²) in [5, 5.41) is 13.0. The minimum Gasteiger partial charge on any atom is -0.392 e. The summed E-state index contributed by atoms with van der Waals surface area (Å²) in [6, 6.07) is 4.53. The maximum atomic E-state index is 13.2. The van der Waals surface area contributed by atoms with E-state index in [4.69, 9.17) is 5.11 Å². The molecule has 0 saturated heterocycles. The predicted octanol–water partition coefficient (Wildman–Crippen LogP) is 2.20. The molecule has 84 valence electrons. The maximum Gasteiger partial charge on any atom is 0.124 e. The molecule has 16 heavy (non-hydrogen) atoms. The number of benzene rings is 1. The molecule has 0 aliphatic heterocycles. The number of hydrogen-bond acceptors (Lipinski definition) is 3. The molecule has 0 fully saturated rings. The summed E-state index contributed by atoms with van der Waals surface area (Å²) < 4.78 is 14.9. The molecule has 0 bridgehead atoms. The topological polar surface area (TPSA) is 38.0 Å². The van der Waals surface area contributed by atoms with E-state index in [1.165, 1.54) is 23.9 Å². The number of aliphatic hydroxyl groups is 1. The van der Waals surface area contributed by atoms with Crippen molar-refractivity contribution in [3.05, 3.63) is 42.0 Å². The van der Waals surface area contributed by atoms with Gasteiger partial charge in [-0.15, -0.1) is 0 Å². The second kappa shape index (κ2) is 4.67. The summed E-state index contributed by atoms with van der Waals surface area (Å²) in [6.07, 6.45) is 3.57. The van der Waals surface area contributed by atoms with Gasteiger partial charge in [0.2, 0.25) is 0 Å². The lowest BCUT2D eigenvalue weighted by molar-refractivity contribution is 0.281. The molecule has 0 radical (unpaired) electrons. The number of aliphatic hydroxyl groups excluding tert-OH is 1. The smallest absolute Gasteiger partial charge is 0.124 e. The standard InChI is InChI=1S/C11H11FN2OS/c1-14-6-11(5-13-14)16-10-3-8(7-15)2-9(12)4-10/h2-6,15H,7H2,1H3. The first-order valence-electron chi connectivity index (χ1n) is 4.74. The fourth-order valence-electron chi connectivity index (χ4n) is 1.36. The normalized spacial score (nSPS) is 10.7. The Hall–Kier alpha value is -1.33. The van der Waals surface area contributed by atoms with Crippen LogP contribution < -0.4 is 0 Å². The van der Waals surface area contributed by atoms with Crippen LogP contribution in [0.4, 0.5) is 4.39 Å². The van der Waals surface area contributed by atoms with Gasteiger partial charge in [-0.2, -0.15) is 5.10 Å². The zero-order valence-corrected chi connectivity index (χ0v) is 9.54. The van der Waals surface area contributed by atoms with Gasteiger partial charge in [0, 0.05) is 18.1 Å². The third-order valence-electron chi connectivity index (χ3n) is 2.03. The molecule has 1 aromatic heterocycles. The Bertz CT molecular complexity index is 498. The maximum absolute atomic E-state index is 13.2. The van der Waals surface area contributed by atoms with Crippen LogP contribution in [-0.4, -0.2) is 14.9 Å². The van der Waals surface area contributed by atoms with Crippen molar-refractivity contribution in [1.82, 2.24) is 9.78 Å². The molecule has 0 spiro atoms. The Morgan fingerprint density at radius 2 is 2.19 bits per heavy atom. The predicted molar refractivity (Wildman–Crippen MR) is 59.7 cm³/mol. The van der Waals surface area contributed by atoms with E-state index in [9.17, 15) is 4.39 Å². The highest BCUT2D eigenvalue weighted by Crippen LogP contribution is 2.28. The molecule has 1 heterocycles. The number of hydrogen-bond donors (Lipinski definition) is 1. The highest BCUT2D eigenvalue weighted by Gasteiger charge is 2.03. The van der Waals surface area contributed by atoms with Crippen LogP contribution in [-0.2, 0) is 13.7 Å². The molecular weight excluding hydrogens is 227 g/mol. The summed E-state index contributed by atoms with van der Waals surface area (Å²) >= 11 is 1.42. The quantitative estimate of drug-likeness (QED) is 0.890. The van der Waals surface area contributed by atoms with Gasteiger partial charge in [-0.25, -0.2) is 4.39 Å². The fraction of sp³-hybridized carbons (Fsp3) is 0.182. The molecule has 5 heteroatoms. The average Bonchev–Trinajstić information content (AvgIpc) is 2.63. The van der Waals surface area contributed by atoms with Crippen LogP contribution in [0.2, 0.25) is 0 Å². The van der Waals surface area contributed by atoms with Gasteiger partial charge in [0.1, 0.15) is 5.82 Å². The van der Waals surface area contributed by atoms with Crippen molar-refractivity contribution < 1.29 is 9.50 Å². The van der Waals surface area contributed by atoms with Gasteiger partial charge >= 0.3 is 0 Å². The van der Waals surface area contributed by atoms with Crippen molar-refractivity contribution in [2.45, 2.75) is 16.4 Å². The zero-order valence-electron chi connectivity index (χ0n) is 8.72. The Labute approximate surface area is 96.9 Å². The van der Waals surface area contributed by atoms with Crippen LogP contribution in [0.1, 0.15) is 5.56 Å². The second-order valence-electron chi connectivity index (χ2n) is 3.41. The highest BCUT2D eigenvalue weighted by molar-refractivity contribution is 7.99. The number of aryl methyl sites for hydroxylation is 1. The van der Waals surface area contributed by atoms with Crippen molar-refractivity contribution in [3.63, 3.8) is 0 Å². The van der Waals surface area contributed by atoms with Crippen LogP contribution in [0.5, 0.6) is 0 Å². The lowest BCUT2D eigenvalue weighted by Gasteiger charge is -2.02. The van der Waals surface area contributed by atoms with E-state index in [0.717, 1.165) is 9.79 Å². The molecular formula is C11H11FN2OS. The van der Waals surface area contributed by atoms with Crippen molar-refractivity contribution in [1.29, 1.82) is 0 Å². The Balaban J connectivity index is 2.24. The highest BCUT2D eigenvalue weighted by atomic mass is 32.2. The van der Waals surface area contributed by atoms with Gasteiger partial charge < -0.3 is 5.11 Å². The first kappa shape index (κ1) is 11.2. The molecule has 0 unspecified atom stereocenters. The third kappa shape index (κ3) is 2.62. The van der Waals surface area contributed by atoms with Crippen LogP contribution in [0.25, 0.3) is 0 Å². The zero-order chi connectivity index (χ0) is 11.5. The van der Waals surface area contributed by atoms with Gasteiger partial charge in [-0.05, 0) is 23.8 Å². The van der Waals surface area contributed by atoms with Gasteiger partial charge in [0.15, 0.2) is 0 Å². The molecule has 2 aromatic rings. The van der Waals surface area contributed by atoms with Crippen LogP contribution >= 0.6 is 11.8 Å². The molecule has 0 aliphatic rings. The van der Waals surface area contributed by atoms with Crippen molar-refractivity contribution >= 4 is 11.8 Å². The minimum atomic E-state index is -0.335. The third-order valence-corrected chi connectivity index (χ3v) is 2.95. The molecule has 0 aliphatic carbocycles. The van der Waals surface area contributed by atoms with Gasteiger partial charge in [-0.1, -0.05) is 11.8 Å². The number of halogens is 1. The average molecular weight is 238 g/mol. The fourth-order valence-corrected chi connectivity index (χ4v) is 2.32. The van der Waals surface area contributed by atoms with E-state index < -0.39 is 0 Å². The molecule has 1 aromatic carbocycles. The van der Waals surface area contributed by atoms with E-state index >= 15 is 0 Å². The molecule has 0 atom stereocenters. The van der Waals surface area contributed by atoms with Crippen molar-refractivity contribution in [2.75, 3.05) is 0 Å². The second-order valence-corrected chi connectivity index (χ2v) is 4.55. The minimum absolute atomic E-state index is 0.154. The van der Waals surface area contributed by atoms with Crippen molar-refractivity contribution in [3.8, 4) is 0 Å². The number of rotatable bonds is 3. The van der Waals surface area contributed by atoms with E-state index in [-0.39, 0.29) is 12.4 Å². The Morgan fingerprint density at radius 3 is 2.81 bits per heavy atom. The van der Waals surface area contributed by atoms with E-state index in [1.807, 2.05) is 13.2 Å². The summed E-state index contributed by atoms with van der Waals surface area (Å²) in [4.78, 5) is 1.70. The lowest BCUT2D eigenvalue weighted by atomic mass is 10.2. The first-order chi connectivity index (χ1) is 7.67. The Kier molecular flexibility index (Phi) is 3.26. The summed E-state index contributed by atoms with van der Waals surface area (Å²) in [5.74, 6) is -0.335.